The van der Waals surface area contributed by atoms with Crippen molar-refractivity contribution in [1.29, 1.82) is 0 Å². The van der Waals surface area contributed by atoms with Gasteiger partial charge in [0.2, 0.25) is 0 Å². The largest absolute Gasteiger partial charge is 0.472 e. The third-order valence-corrected chi connectivity index (χ3v) is 17.1. The van der Waals surface area contributed by atoms with Crippen molar-refractivity contribution in [1.82, 2.24) is 0 Å². The average Bonchev–Trinajstić information content (AvgIpc) is 0.921. The van der Waals surface area contributed by atoms with Gasteiger partial charge in [-0.15, -0.1) is 0 Å². The number of carbonyl (C=O) groups is 4. The first-order chi connectivity index (χ1) is 49.7. The quantitative estimate of drug-likeness (QED) is 0.0169. The number of carbonyl (C=O) groups excluding carboxylic acids is 4. The summed E-state index contributed by atoms with van der Waals surface area (Å²) in [4.78, 5) is 72.8. The minimum atomic E-state index is -5.01. The van der Waals surface area contributed by atoms with Crippen molar-refractivity contribution in [3.05, 3.63) is 170 Å². The second-order valence-corrected chi connectivity index (χ2v) is 27.7. The standard InChI is InChI=1S/C83H134O17P2/c1-5-9-13-17-21-25-29-32-35-37-38-40-42-45-49-52-56-60-64-68-81(86)94-74-79(100-83(88)70-66-62-58-54-50-46-43-39-36-33-30-26-22-18-14-10-6-2)76-98-102(91,92)96-72-77(84)71-95-101(89,90)97-75-78(99-82(87)69-65-61-57-53-47-28-24-20-16-12-8-4)73-93-80(85)67-63-59-55-51-48-44-41-34-31-27-23-19-15-11-7-3/h9-11,13-15,20-27,32-36,38,40-41,45,48-49,51,56,60,77-79,84H,5-8,12,16-19,28-31,37,39,42-44,46-47,50,52-55,57-59,61-76H2,1-4H3,(H,89,90)(H,91,92)/b13-9-,14-10-,15-11-,24-20-,25-21-,26-22-,27-23-,35-32-,36-33-,40-38-,41-34-,49-45-,51-48-,60-56-. The molecule has 5 atom stereocenters. The van der Waals surface area contributed by atoms with E-state index in [1.54, 1.807) is 0 Å². The lowest BCUT2D eigenvalue weighted by Gasteiger charge is -2.21. The fourth-order valence-corrected chi connectivity index (χ4v) is 11.0. The summed E-state index contributed by atoms with van der Waals surface area (Å²) in [7, 11) is -10.0. The highest BCUT2D eigenvalue weighted by molar-refractivity contribution is 7.47. The Hall–Kier alpha value is -5.58. The van der Waals surface area contributed by atoms with E-state index in [2.05, 4.69) is 180 Å². The van der Waals surface area contributed by atoms with Crippen LogP contribution in [0, 0.1) is 0 Å². The van der Waals surface area contributed by atoms with Gasteiger partial charge in [-0.05, 0) is 154 Å². The van der Waals surface area contributed by atoms with Gasteiger partial charge in [0.1, 0.15) is 19.3 Å². The molecular formula is C83H134O17P2. The van der Waals surface area contributed by atoms with Gasteiger partial charge in [0, 0.05) is 25.7 Å². The highest BCUT2D eigenvalue weighted by atomic mass is 31.2. The molecule has 0 spiro atoms. The first-order valence-corrected chi connectivity index (χ1v) is 41.4. The van der Waals surface area contributed by atoms with E-state index in [-0.39, 0.29) is 25.7 Å². The first-order valence-electron chi connectivity index (χ1n) is 38.4. The van der Waals surface area contributed by atoms with E-state index in [4.69, 9.17) is 37.0 Å². The molecule has 0 bridgehead atoms. The van der Waals surface area contributed by atoms with Crippen molar-refractivity contribution in [3.63, 3.8) is 0 Å². The number of ether oxygens (including phenoxy) is 4. The van der Waals surface area contributed by atoms with Crippen LogP contribution in [-0.4, -0.2) is 96.7 Å². The molecule has 17 nitrogen and oxygen atoms in total. The molecule has 3 N–H and O–H groups in total. The third kappa shape index (κ3) is 72.8. The number of phosphoric ester groups is 2. The maximum Gasteiger partial charge on any atom is 0.472 e. The Morgan fingerprint density at radius 3 is 0.873 bits per heavy atom. The van der Waals surface area contributed by atoms with Gasteiger partial charge in [-0.3, -0.25) is 37.3 Å². The molecule has 0 saturated carbocycles. The zero-order valence-corrected chi connectivity index (χ0v) is 64.8. The van der Waals surface area contributed by atoms with Crippen molar-refractivity contribution in [2.45, 2.75) is 290 Å². The van der Waals surface area contributed by atoms with Crippen molar-refractivity contribution in [3.8, 4) is 0 Å². The van der Waals surface area contributed by atoms with Crippen LogP contribution in [-0.2, 0) is 65.4 Å². The highest BCUT2D eigenvalue weighted by Gasteiger charge is 2.30. The number of aliphatic hydroxyl groups is 1. The van der Waals surface area contributed by atoms with Crippen molar-refractivity contribution >= 4 is 39.5 Å². The van der Waals surface area contributed by atoms with Crippen molar-refractivity contribution in [2.75, 3.05) is 39.6 Å². The molecule has 0 aliphatic rings. The molecule has 0 aromatic carbocycles. The monoisotopic (exact) mass is 1460 g/mol. The molecule has 102 heavy (non-hydrogen) atoms. The average molecular weight is 1470 g/mol. The van der Waals surface area contributed by atoms with E-state index in [1.807, 2.05) is 18.2 Å². The maximum absolute atomic E-state index is 13.1. The number of rotatable bonds is 70. The van der Waals surface area contributed by atoms with Gasteiger partial charge in [0.25, 0.3) is 0 Å². The van der Waals surface area contributed by atoms with E-state index in [0.29, 0.717) is 32.1 Å². The van der Waals surface area contributed by atoms with E-state index < -0.39 is 97.5 Å². The Labute approximate surface area is 616 Å². The van der Waals surface area contributed by atoms with Crippen LogP contribution in [0.3, 0.4) is 0 Å². The van der Waals surface area contributed by atoms with E-state index >= 15 is 0 Å². The lowest BCUT2D eigenvalue weighted by Crippen LogP contribution is -2.30. The van der Waals surface area contributed by atoms with Crippen LogP contribution in [0.4, 0.5) is 0 Å². The minimum Gasteiger partial charge on any atom is -0.462 e. The number of allylic oxidation sites excluding steroid dienone is 28. The zero-order valence-electron chi connectivity index (χ0n) is 63.0. The molecule has 0 aromatic rings. The molecule has 0 saturated heterocycles. The van der Waals surface area contributed by atoms with Crippen LogP contribution < -0.4 is 0 Å². The summed E-state index contributed by atoms with van der Waals surface area (Å²) in [6, 6.07) is 0. The molecule has 0 heterocycles. The van der Waals surface area contributed by atoms with Crippen molar-refractivity contribution in [2.24, 2.45) is 0 Å². The Bertz CT molecular complexity index is 2600. The van der Waals surface area contributed by atoms with Crippen LogP contribution >= 0.6 is 15.6 Å². The normalized spacial score (nSPS) is 14.9. The summed E-state index contributed by atoms with van der Waals surface area (Å²) in [6.45, 7) is 4.31. The van der Waals surface area contributed by atoms with Gasteiger partial charge in [0.05, 0.1) is 26.4 Å². The second-order valence-electron chi connectivity index (χ2n) is 24.8. The molecule has 0 radical (unpaired) electrons. The maximum atomic E-state index is 13.1. The lowest BCUT2D eigenvalue weighted by molar-refractivity contribution is -0.161. The van der Waals surface area contributed by atoms with Gasteiger partial charge < -0.3 is 33.8 Å². The molecule has 0 aliphatic carbocycles. The van der Waals surface area contributed by atoms with Crippen LogP contribution in [0.15, 0.2) is 170 Å². The molecule has 0 fully saturated rings. The molecule has 0 aromatic heterocycles. The van der Waals surface area contributed by atoms with Gasteiger partial charge >= 0.3 is 39.5 Å². The fourth-order valence-electron chi connectivity index (χ4n) is 9.41. The lowest BCUT2D eigenvalue weighted by atomic mass is 10.1. The van der Waals surface area contributed by atoms with Gasteiger partial charge in [-0.1, -0.05) is 262 Å². The fraction of sp³-hybridized carbons (Fsp3) is 0.614. The number of aliphatic hydroxyl groups excluding tert-OH is 1. The van der Waals surface area contributed by atoms with E-state index in [0.717, 1.165) is 173 Å². The predicted octanol–water partition coefficient (Wildman–Crippen LogP) is 22.2. The van der Waals surface area contributed by atoms with Crippen molar-refractivity contribution < 1.29 is 80.2 Å². The summed E-state index contributed by atoms with van der Waals surface area (Å²) < 4.78 is 68.3. The van der Waals surface area contributed by atoms with Gasteiger partial charge in [0.15, 0.2) is 12.2 Å². The SMILES string of the molecule is CC/C=C\C/C=C\C/C=C\C/C=C\C/C=C\C/C=C\CCC(=O)OCC(COP(=O)(O)OCC(O)COP(=O)(O)OCC(COC(=O)CCCC/C=C\C/C=C\C/C=C\C/C=C\CC)OC(=O)CCCCCCC/C=C\CCCC)OC(=O)CCCCCCCCC/C=C\C/C=C\C/C=C\CC. The smallest absolute Gasteiger partial charge is 0.462 e. The third-order valence-electron chi connectivity index (χ3n) is 15.2. The summed E-state index contributed by atoms with van der Waals surface area (Å²) in [5.41, 5.74) is 0. The summed E-state index contributed by atoms with van der Waals surface area (Å²) >= 11 is 0. The first kappa shape index (κ1) is 96.4. The summed E-state index contributed by atoms with van der Waals surface area (Å²) in [5.74, 6) is -2.36. The molecular weight excluding hydrogens is 1330 g/mol. The number of esters is 4. The zero-order chi connectivity index (χ0) is 74.6. The Balaban J connectivity index is 5.46. The molecule has 0 rings (SSSR count). The molecule has 5 unspecified atom stereocenters. The van der Waals surface area contributed by atoms with Crippen LogP contribution in [0.25, 0.3) is 0 Å². The number of hydrogen-bond acceptors (Lipinski definition) is 15. The Morgan fingerprint density at radius 2 is 0.529 bits per heavy atom. The van der Waals surface area contributed by atoms with Gasteiger partial charge in [-0.2, -0.15) is 0 Å². The van der Waals surface area contributed by atoms with E-state index in [9.17, 15) is 43.2 Å². The van der Waals surface area contributed by atoms with Crippen LogP contribution in [0.5, 0.6) is 0 Å². The highest BCUT2D eigenvalue weighted by Crippen LogP contribution is 2.45. The number of phosphoric acid groups is 2. The molecule has 19 heteroatoms. The van der Waals surface area contributed by atoms with Crippen LogP contribution in [0.1, 0.15) is 272 Å². The molecule has 578 valence electrons. The predicted molar refractivity (Wildman–Crippen MR) is 417 cm³/mol. The minimum absolute atomic E-state index is 0.0272. The molecule has 0 amide bonds. The van der Waals surface area contributed by atoms with E-state index in [1.165, 1.54) is 12.8 Å². The second kappa shape index (κ2) is 73.7. The summed E-state index contributed by atoms with van der Waals surface area (Å²) in [5, 5.41) is 10.6. The Morgan fingerprint density at radius 1 is 0.284 bits per heavy atom. The van der Waals surface area contributed by atoms with Gasteiger partial charge in [-0.25, -0.2) is 9.13 Å². The molecule has 0 aliphatic heterocycles. The topological polar surface area (TPSA) is 237 Å². The Kier molecular flexibility index (Phi) is 69.7. The number of unbranched alkanes of at least 4 members (excludes halogenated alkanes) is 16. The van der Waals surface area contributed by atoms with Crippen LogP contribution in [0.2, 0.25) is 0 Å². The summed E-state index contributed by atoms with van der Waals surface area (Å²) in [6.07, 6.45) is 86.5. The number of hydrogen-bond donors (Lipinski definition) is 3.